The van der Waals surface area contributed by atoms with Gasteiger partial charge in [0, 0.05) is 25.8 Å². The van der Waals surface area contributed by atoms with Crippen molar-refractivity contribution in [3.05, 3.63) is 57.1 Å². The van der Waals surface area contributed by atoms with E-state index >= 15 is 0 Å². The van der Waals surface area contributed by atoms with E-state index in [0.29, 0.717) is 11.3 Å². The van der Waals surface area contributed by atoms with Crippen LogP contribution in [0.1, 0.15) is 16.7 Å². The van der Waals surface area contributed by atoms with Gasteiger partial charge in [0.25, 0.3) is 5.69 Å². The Balaban J connectivity index is 2.17. The van der Waals surface area contributed by atoms with Gasteiger partial charge in [-0.15, -0.1) is 0 Å². The predicted molar refractivity (Wildman–Crippen MR) is 112 cm³/mol. The zero-order valence-electron chi connectivity index (χ0n) is 16.9. The number of hydrogen-bond acceptors (Lipinski definition) is 6. The highest BCUT2D eigenvalue weighted by atomic mass is 32.2. The van der Waals surface area contributed by atoms with Gasteiger partial charge >= 0.3 is 0 Å². The van der Waals surface area contributed by atoms with Gasteiger partial charge < -0.3 is 10.6 Å². The second kappa shape index (κ2) is 8.58. The molecule has 0 unspecified atom stereocenters. The Morgan fingerprint density at radius 3 is 2.28 bits per heavy atom. The number of hydrogen-bond donors (Lipinski definition) is 2. The Morgan fingerprint density at radius 2 is 1.69 bits per heavy atom. The molecule has 156 valence electrons. The minimum Gasteiger partial charge on any atom is -0.376 e. The molecule has 0 saturated heterocycles. The molecule has 0 aliphatic heterocycles. The number of nitrogens with one attached hydrogen (secondary N) is 2. The Kier molecular flexibility index (Phi) is 6.60. The lowest BCUT2D eigenvalue weighted by Crippen LogP contribution is -2.24. The SMILES string of the molecule is Cc1cc(NC(=O)CNc2ccc(C)c(S(=O)(=O)N(C)C)c2)c([N+](=O)[O-])cc1C. The Bertz CT molecular complexity index is 1060. The number of benzene rings is 2. The van der Waals surface area contributed by atoms with Crippen molar-refractivity contribution >= 4 is 33.0 Å². The highest BCUT2D eigenvalue weighted by Gasteiger charge is 2.21. The van der Waals surface area contributed by atoms with Gasteiger partial charge in [-0.2, -0.15) is 0 Å². The highest BCUT2D eigenvalue weighted by Crippen LogP contribution is 2.28. The number of carbonyl (C=O) groups excluding carboxylic acids is 1. The molecule has 0 saturated carbocycles. The van der Waals surface area contributed by atoms with E-state index < -0.39 is 20.9 Å². The first-order chi connectivity index (χ1) is 13.4. The summed E-state index contributed by atoms with van der Waals surface area (Å²) in [5.41, 5.74) is 2.53. The Hall–Kier alpha value is -2.98. The van der Waals surface area contributed by atoms with Crippen LogP contribution in [-0.4, -0.2) is 44.2 Å². The van der Waals surface area contributed by atoms with Gasteiger partial charge in [0.05, 0.1) is 16.4 Å². The van der Waals surface area contributed by atoms with Gasteiger partial charge in [0.1, 0.15) is 5.69 Å². The Labute approximate surface area is 169 Å². The molecule has 0 bridgehead atoms. The minimum absolute atomic E-state index is 0.115. The lowest BCUT2D eigenvalue weighted by molar-refractivity contribution is -0.384. The predicted octanol–water partition coefficient (Wildman–Crippen LogP) is 2.82. The highest BCUT2D eigenvalue weighted by molar-refractivity contribution is 7.89. The van der Waals surface area contributed by atoms with Crippen molar-refractivity contribution in [3.8, 4) is 0 Å². The monoisotopic (exact) mass is 420 g/mol. The van der Waals surface area contributed by atoms with Crippen molar-refractivity contribution in [3.63, 3.8) is 0 Å². The number of aryl methyl sites for hydroxylation is 3. The molecule has 0 atom stereocenters. The Morgan fingerprint density at radius 1 is 1.07 bits per heavy atom. The topological polar surface area (TPSA) is 122 Å². The van der Waals surface area contributed by atoms with Crippen LogP contribution in [0.25, 0.3) is 0 Å². The number of anilines is 2. The number of nitrogens with zero attached hydrogens (tertiary/aromatic N) is 2. The van der Waals surface area contributed by atoms with Gasteiger partial charge in [-0.05, 0) is 55.7 Å². The molecule has 29 heavy (non-hydrogen) atoms. The summed E-state index contributed by atoms with van der Waals surface area (Å²) in [5, 5.41) is 16.6. The number of sulfonamides is 1. The normalized spacial score (nSPS) is 11.4. The quantitative estimate of drug-likeness (QED) is 0.525. The first-order valence-corrected chi connectivity index (χ1v) is 10.2. The molecule has 9 nitrogen and oxygen atoms in total. The molecule has 0 heterocycles. The maximum absolute atomic E-state index is 12.4. The van der Waals surface area contributed by atoms with Crippen LogP contribution in [0.5, 0.6) is 0 Å². The fourth-order valence-electron chi connectivity index (χ4n) is 2.61. The molecule has 0 spiro atoms. The number of rotatable bonds is 7. The second-order valence-corrected chi connectivity index (χ2v) is 9.00. The van der Waals surface area contributed by atoms with E-state index in [2.05, 4.69) is 10.6 Å². The molecule has 10 heteroatoms. The largest absolute Gasteiger partial charge is 0.376 e. The summed E-state index contributed by atoms with van der Waals surface area (Å²) in [6.07, 6.45) is 0. The average Bonchev–Trinajstić information content (AvgIpc) is 2.63. The van der Waals surface area contributed by atoms with Gasteiger partial charge in [0.15, 0.2) is 0 Å². The molecular weight excluding hydrogens is 396 g/mol. The second-order valence-electron chi connectivity index (χ2n) is 6.88. The van der Waals surface area contributed by atoms with Crippen molar-refractivity contribution in [2.75, 3.05) is 31.3 Å². The fraction of sp³-hybridized carbons (Fsp3) is 0.316. The maximum Gasteiger partial charge on any atom is 0.293 e. The van der Waals surface area contributed by atoms with Gasteiger partial charge in [0.2, 0.25) is 15.9 Å². The molecule has 2 rings (SSSR count). The summed E-state index contributed by atoms with van der Waals surface area (Å²) >= 11 is 0. The molecule has 2 aromatic carbocycles. The molecule has 2 N–H and O–H groups in total. The zero-order chi connectivity index (χ0) is 21.9. The lowest BCUT2D eigenvalue weighted by Gasteiger charge is -2.15. The fourth-order valence-corrected chi connectivity index (χ4v) is 3.76. The van der Waals surface area contributed by atoms with Crippen LogP contribution in [0.3, 0.4) is 0 Å². The van der Waals surface area contributed by atoms with Crippen molar-refractivity contribution in [1.29, 1.82) is 0 Å². The van der Waals surface area contributed by atoms with E-state index in [1.807, 2.05) is 0 Å². The van der Waals surface area contributed by atoms with Gasteiger partial charge in [-0.25, -0.2) is 12.7 Å². The molecule has 0 aliphatic rings. The van der Waals surface area contributed by atoms with E-state index in [9.17, 15) is 23.3 Å². The van der Waals surface area contributed by atoms with Gasteiger partial charge in [-0.3, -0.25) is 14.9 Å². The molecular formula is C19H24N4O5S. The molecule has 0 radical (unpaired) electrons. The lowest BCUT2D eigenvalue weighted by atomic mass is 10.1. The van der Waals surface area contributed by atoms with Crippen LogP contribution in [-0.2, 0) is 14.8 Å². The number of nitro groups is 1. The van der Waals surface area contributed by atoms with Crippen LogP contribution in [0.4, 0.5) is 17.1 Å². The average molecular weight is 420 g/mol. The molecule has 0 aliphatic carbocycles. The van der Waals surface area contributed by atoms with E-state index in [1.165, 1.54) is 26.2 Å². The van der Waals surface area contributed by atoms with Gasteiger partial charge in [-0.1, -0.05) is 6.07 Å². The van der Waals surface area contributed by atoms with Crippen molar-refractivity contribution < 1.29 is 18.1 Å². The summed E-state index contributed by atoms with van der Waals surface area (Å²) in [6, 6.07) is 7.73. The first-order valence-electron chi connectivity index (χ1n) is 8.76. The van der Waals surface area contributed by atoms with Crippen molar-refractivity contribution in [2.24, 2.45) is 0 Å². The number of amides is 1. The molecule has 0 aromatic heterocycles. The molecule has 1 amide bonds. The van der Waals surface area contributed by atoms with E-state index in [4.69, 9.17) is 0 Å². The summed E-state index contributed by atoms with van der Waals surface area (Å²) < 4.78 is 25.9. The summed E-state index contributed by atoms with van der Waals surface area (Å²) in [5.74, 6) is -0.492. The van der Waals surface area contributed by atoms with Crippen LogP contribution >= 0.6 is 0 Å². The third kappa shape index (κ3) is 5.09. The van der Waals surface area contributed by atoms with E-state index in [1.54, 1.807) is 39.0 Å². The number of nitro benzene ring substituents is 1. The van der Waals surface area contributed by atoms with Crippen LogP contribution in [0.15, 0.2) is 35.2 Å². The molecule has 0 fully saturated rings. The molecule has 2 aromatic rings. The van der Waals surface area contributed by atoms with Crippen LogP contribution in [0.2, 0.25) is 0 Å². The smallest absolute Gasteiger partial charge is 0.293 e. The standard InChI is InChI=1S/C19H24N4O5S/c1-12-6-7-15(10-18(12)29(27,28)22(4)5)20-11-19(24)21-16-8-13(2)14(3)9-17(16)23(25)26/h6-10,20H,11H2,1-5H3,(H,21,24). The maximum atomic E-state index is 12.4. The van der Waals surface area contributed by atoms with E-state index in [-0.39, 0.29) is 22.8 Å². The minimum atomic E-state index is -3.62. The summed E-state index contributed by atoms with van der Waals surface area (Å²) in [4.78, 5) is 23.1. The van der Waals surface area contributed by atoms with Crippen molar-refractivity contribution in [2.45, 2.75) is 25.7 Å². The summed E-state index contributed by atoms with van der Waals surface area (Å²) in [7, 11) is -0.737. The zero-order valence-corrected chi connectivity index (χ0v) is 17.8. The number of carbonyl (C=O) groups is 1. The summed E-state index contributed by atoms with van der Waals surface area (Å²) in [6.45, 7) is 5.05. The third-order valence-electron chi connectivity index (χ3n) is 4.48. The van der Waals surface area contributed by atoms with Crippen molar-refractivity contribution in [1.82, 2.24) is 4.31 Å². The third-order valence-corrected chi connectivity index (χ3v) is 6.44. The van der Waals surface area contributed by atoms with Crippen LogP contribution < -0.4 is 10.6 Å². The first kappa shape index (κ1) is 22.3. The van der Waals surface area contributed by atoms with E-state index in [0.717, 1.165) is 15.4 Å². The van der Waals surface area contributed by atoms with Crippen LogP contribution in [0, 0.1) is 30.9 Å².